The van der Waals surface area contributed by atoms with Crippen molar-refractivity contribution in [1.29, 1.82) is 5.26 Å². The minimum absolute atomic E-state index is 0.0103. The summed E-state index contributed by atoms with van der Waals surface area (Å²) in [6, 6.07) is 13.8. The number of hydrogen-bond acceptors (Lipinski definition) is 4. The summed E-state index contributed by atoms with van der Waals surface area (Å²) < 4.78 is 0. The number of carbonyl (C=O) groups is 1. The van der Waals surface area contributed by atoms with E-state index in [0.717, 1.165) is 16.5 Å². The van der Waals surface area contributed by atoms with Crippen LogP contribution in [0.25, 0.3) is 17.0 Å². The summed E-state index contributed by atoms with van der Waals surface area (Å²) >= 11 is 5.77. The predicted molar refractivity (Wildman–Crippen MR) is 107 cm³/mol. The monoisotopic (exact) mass is 394 g/mol. The highest BCUT2D eigenvalue weighted by molar-refractivity contribution is 6.32. The Morgan fingerprint density at radius 3 is 2.86 bits per heavy atom. The lowest BCUT2D eigenvalue weighted by Crippen LogP contribution is -2.26. The third-order valence-electron chi connectivity index (χ3n) is 4.20. The Labute approximate surface area is 165 Å². The number of hydrogen-bond donors (Lipinski definition) is 2. The molecule has 0 aliphatic carbocycles. The van der Waals surface area contributed by atoms with Crippen molar-refractivity contribution in [3.63, 3.8) is 0 Å². The van der Waals surface area contributed by atoms with Gasteiger partial charge in [0, 0.05) is 29.7 Å². The van der Waals surface area contributed by atoms with E-state index in [4.69, 9.17) is 11.6 Å². The number of H-pyrrole nitrogens is 1. The van der Waals surface area contributed by atoms with Crippen molar-refractivity contribution in [2.24, 2.45) is 0 Å². The number of aromatic amines is 1. The molecule has 0 spiro atoms. The van der Waals surface area contributed by atoms with E-state index in [0.29, 0.717) is 18.5 Å². The van der Waals surface area contributed by atoms with Gasteiger partial charge in [-0.1, -0.05) is 35.9 Å². The molecule has 28 heavy (non-hydrogen) atoms. The van der Waals surface area contributed by atoms with Gasteiger partial charge in [0.25, 0.3) is 11.6 Å². The summed E-state index contributed by atoms with van der Waals surface area (Å²) in [4.78, 5) is 25.8. The van der Waals surface area contributed by atoms with Crippen LogP contribution in [0.15, 0.2) is 54.2 Å². The number of rotatable bonds is 6. The average Bonchev–Trinajstić information content (AvgIpc) is 3.10. The molecule has 140 valence electrons. The fraction of sp³-hybridized carbons (Fsp3) is 0.100. The summed E-state index contributed by atoms with van der Waals surface area (Å²) in [6.07, 6.45) is 3.79. The minimum atomic E-state index is -0.618. The lowest BCUT2D eigenvalue weighted by Gasteiger charge is -2.04. The van der Waals surface area contributed by atoms with Crippen molar-refractivity contribution in [3.05, 3.63) is 80.5 Å². The second kappa shape index (κ2) is 8.37. The van der Waals surface area contributed by atoms with Crippen LogP contribution in [-0.4, -0.2) is 22.4 Å². The first kappa shape index (κ1) is 19.1. The molecule has 2 N–H and O–H groups in total. The molecule has 0 saturated heterocycles. The topological polar surface area (TPSA) is 112 Å². The van der Waals surface area contributed by atoms with Crippen molar-refractivity contribution in [2.45, 2.75) is 6.42 Å². The van der Waals surface area contributed by atoms with E-state index in [1.807, 2.05) is 36.5 Å². The number of fused-ring (bicyclic) bond motifs is 1. The van der Waals surface area contributed by atoms with Gasteiger partial charge in [-0.15, -0.1) is 0 Å². The molecule has 3 aromatic rings. The maximum absolute atomic E-state index is 12.3. The van der Waals surface area contributed by atoms with Crippen molar-refractivity contribution in [1.82, 2.24) is 10.3 Å². The first-order valence-electron chi connectivity index (χ1n) is 8.38. The molecule has 0 fully saturated rings. The maximum Gasteiger partial charge on any atom is 0.288 e. The summed E-state index contributed by atoms with van der Waals surface area (Å²) in [6.45, 7) is 0.348. The van der Waals surface area contributed by atoms with Crippen LogP contribution in [-0.2, 0) is 11.2 Å². The SMILES string of the molecule is N#C/C(=C/c1ccc(Cl)c([N+](=O)[O-])c1)C(=O)NCCc1c[nH]c2ccccc12. The number of nitrogens with one attached hydrogen (secondary N) is 2. The summed E-state index contributed by atoms with van der Waals surface area (Å²) in [5.41, 5.74) is 2.00. The van der Waals surface area contributed by atoms with Crippen molar-refractivity contribution in [3.8, 4) is 6.07 Å². The van der Waals surface area contributed by atoms with Crippen LogP contribution in [0.1, 0.15) is 11.1 Å². The van der Waals surface area contributed by atoms with E-state index in [1.165, 1.54) is 24.3 Å². The fourth-order valence-electron chi connectivity index (χ4n) is 2.82. The van der Waals surface area contributed by atoms with Gasteiger partial charge in [-0.2, -0.15) is 5.26 Å². The second-order valence-corrected chi connectivity index (χ2v) is 6.41. The largest absolute Gasteiger partial charge is 0.361 e. The number of benzene rings is 2. The third-order valence-corrected chi connectivity index (χ3v) is 4.52. The Morgan fingerprint density at radius 1 is 1.32 bits per heavy atom. The average molecular weight is 395 g/mol. The zero-order chi connectivity index (χ0) is 20.1. The van der Waals surface area contributed by atoms with Crippen molar-refractivity contribution in [2.75, 3.05) is 6.54 Å². The van der Waals surface area contributed by atoms with Gasteiger partial charge >= 0.3 is 0 Å². The number of para-hydroxylation sites is 1. The van der Waals surface area contributed by atoms with Crippen molar-refractivity contribution >= 4 is 40.2 Å². The van der Waals surface area contributed by atoms with Gasteiger partial charge in [0.05, 0.1) is 4.92 Å². The molecule has 0 saturated carbocycles. The number of halogens is 1. The first-order valence-corrected chi connectivity index (χ1v) is 8.76. The van der Waals surface area contributed by atoms with Crippen LogP contribution in [0.5, 0.6) is 0 Å². The molecular formula is C20H15ClN4O3. The van der Waals surface area contributed by atoms with E-state index in [9.17, 15) is 20.2 Å². The number of nitro benzene ring substituents is 1. The molecule has 7 nitrogen and oxygen atoms in total. The number of nitriles is 1. The number of nitro groups is 1. The van der Waals surface area contributed by atoms with Gasteiger partial charge in [0.15, 0.2) is 0 Å². The van der Waals surface area contributed by atoms with Crippen molar-refractivity contribution < 1.29 is 9.72 Å². The molecule has 0 aliphatic rings. The summed E-state index contributed by atoms with van der Waals surface area (Å²) in [5.74, 6) is -0.542. The van der Waals surface area contributed by atoms with E-state index in [1.54, 1.807) is 0 Å². The van der Waals surface area contributed by atoms with Gasteiger partial charge in [-0.25, -0.2) is 0 Å². The highest BCUT2D eigenvalue weighted by atomic mass is 35.5. The molecule has 0 unspecified atom stereocenters. The highest BCUT2D eigenvalue weighted by Gasteiger charge is 2.14. The van der Waals surface area contributed by atoms with Gasteiger partial charge < -0.3 is 10.3 Å². The predicted octanol–water partition coefficient (Wildman–Crippen LogP) is 4.00. The Kier molecular flexibility index (Phi) is 5.72. The van der Waals surface area contributed by atoms with Crippen LogP contribution in [0.4, 0.5) is 5.69 Å². The Bertz CT molecular complexity index is 1130. The normalized spacial score (nSPS) is 11.2. The zero-order valence-corrected chi connectivity index (χ0v) is 15.4. The fourth-order valence-corrected chi connectivity index (χ4v) is 3.01. The van der Waals surface area contributed by atoms with Crippen LogP contribution in [0, 0.1) is 21.4 Å². The Hall–Kier alpha value is -3.63. The first-order chi connectivity index (χ1) is 13.5. The minimum Gasteiger partial charge on any atom is -0.361 e. The van der Waals surface area contributed by atoms with Gasteiger partial charge in [-0.05, 0) is 35.8 Å². The molecule has 0 bridgehead atoms. The lowest BCUT2D eigenvalue weighted by molar-refractivity contribution is -0.384. The van der Waals surface area contributed by atoms with E-state index in [-0.39, 0.29) is 16.3 Å². The molecule has 8 heteroatoms. The molecule has 1 heterocycles. The molecule has 0 aliphatic heterocycles. The zero-order valence-electron chi connectivity index (χ0n) is 14.6. The maximum atomic E-state index is 12.3. The molecular weight excluding hydrogens is 380 g/mol. The van der Waals surface area contributed by atoms with Gasteiger partial charge in [0.1, 0.15) is 16.7 Å². The lowest BCUT2D eigenvalue weighted by atomic mass is 10.1. The number of nitrogens with zero attached hydrogens (tertiary/aromatic N) is 2. The van der Waals surface area contributed by atoms with Crippen LogP contribution in [0.2, 0.25) is 5.02 Å². The number of aromatic nitrogens is 1. The number of amides is 1. The van der Waals surface area contributed by atoms with Crippen LogP contribution in [0.3, 0.4) is 0 Å². The third kappa shape index (κ3) is 4.19. The van der Waals surface area contributed by atoms with E-state index >= 15 is 0 Å². The number of carbonyl (C=O) groups excluding carboxylic acids is 1. The highest BCUT2D eigenvalue weighted by Crippen LogP contribution is 2.26. The van der Waals surface area contributed by atoms with E-state index < -0.39 is 10.8 Å². The van der Waals surface area contributed by atoms with Gasteiger partial charge in [0.2, 0.25) is 0 Å². The van der Waals surface area contributed by atoms with Crippen LogP contribution >= 0.6 is 11.6 Å². The molecule has 3 rings (SSSR count). The Balaban J connectivity index is 1.68. The quantitative estimate of drug-likeness (QED) is 0.285. The standard InChI is InChI=1S/C20H15ClN4O3/c21-17-6-5-13(10-19(17)25(27)28)9-15(11-22)20(26)23-8-7-14-12-24-18-4-2-1-3-16(14)18/h1-6,9-10,12,24H,7-8H2,(H,23,26)/b15-9-. The molecule has 1 amide bonds. The van der Waals surface area contributed by atoms with E-state index in [2.05, 4.69) is 10.3 Å². The Morgan fingerprint density at radius 2 is 2.11 bits per heavy atom. The van der Waals surface area contributed by atoms with Gasteiger partial charge in [-0.3, -0.25) is 14.9 Å². The second-order valence-electron chi connectivity index (χ2n) is 6.00. The molecule has 1 aromatic heterocycles. The smallest absolute Gasteiger partial charge is 0.288 e. The molecule has 0 atom stereocenters. The summed E-state index contributed by atoms with van der Waals surface area (Å²) in [7, 11) is 0. The van der Waals surface area contributed by atoms with Crippen LogP contribution < -0.4 is 5.32 Å². The molecule has 2 aromatic carbocycles. The molecule has 0 radical (unpaired) electrons. The summed E-state index contributed by atoms with van der Waals surface area (Å²) in [5, 5.41) is 24.0.